The van der Waals surface area contributed by atoms with Crippen LogP contribution in [0.1, 0.15) is 57.7 Å². The second-order valence-corrected chi connectivity index (χ2v) is 9.05. The Morgan fingerprint density at radius 3 is 2.55 bits per heavy atom. The number of alkyl halides is 3. The third-order valence-corrected chi connectivity index (χ3v) is 5.80. The van der Waals surface area contributed by atoms with Crippen molar-refractivity contribution in [2.45, 2.75) is 64.7 Å². The van der Waals surface area contributed by atoms with Crippen molar-refractivity contribution in [2.24, 2.45) is 17.8 Å². The molecule has 1 saturated carbocycles. The van der Waals surface area contributed by atoms with Gasteiger partial charge in [-0.2, -0.15) is 13.2 Å². The first-order valence-electron chi connectivity index (χ1n) is 10.1. The Hall–Kier alpha value is -1.89. The van der Waals surface area contributed by atoms with Crippen molar-refractivity contribution in [3.8, 4) is 5.75 Å². The maximum Gasteiger partial charge on any atom is 0.417 e. The molecule has 0 saturated heterocycles. The first-order chi connectivity index (χ1) is 13.4. The van der Waals surface area contributed by atoms with E-state index in [1.165, 1.54) is 12.3 Å². The van der Waals surface area contributed by atoms with E-state index in [2.05, 4.69) is 4.98 Å². The van der Waals surface area contributed by atoms with Gasteiger partial charge in [0.15, 0.2) is 5.78 Å². The summed E-state index contributed by atoms with van der Waals surface area (Å²) in [6, 6.07) is 1.36. The largest absolute Gasteiger partial charge is 0.492 e. The molecule has 7 heteroatoms. The highest BCUT2D eigenvalue weighted by molar-refractivity contribution is 5.98. The van der Waals surface area contributed by atoms with Gasteiger partial charge in [-0.1, -0.05) is 13.8 Å². The predicted molar refractivity (Wildman–Crippen MR) is 103 cm³/mol. The van der Waals surface area contributed by atoms with Crippen LogP contribution in [0.25, 0.3) is 5.57 Å². The van der Waals surface area contributed by atoms with Crippen LogP contribution >= 0.6 is 0 Å². The van der Waals surface area contributed by atoms with Gasteiger partial charge in [0, 0.05) is 17.7 Å². The number of nitrogens with zero attached hydrogens (tertiary/aromatic N) is 1. The fourth-order valence-corrected chi connectivity index (χ4v) is 4.21. The lowest BCUT2D eigenvalue weighted by atomic mass is 9.64. The number of carbonyl (C=O) groups is 1. The molecule has 160 valence electrons. The highest BCUT2D eigenvalue weighted by Crippen LogP contribution is 2.46. The maximum absolute atomic E-state index is 13.7. The van der Waals surface area contributed by atoms with Crippen molar-refractivity contribution < 1.29 is 27.8 Å². The first-order valence-corrected chi connectivity index (χ1v) is 10.1. The van der Waals surface area contributed by atoms with Crippen molar-refractivity contribution in [3.63, 3.8) is 0 Å². The zero-order valence-corrected chi connectivity index (χ0v) is 17.1. The summed E-state index contributed by atoms with van der Waals surface area (Å²) in [5, 5.41) is 10.0. The topological polar surface area (TPSA) is 59.4 Å². The van der Waals surface area contributed by atoms with Gasteiger partial charge in [-0.15, -0.1) is 0 Å². The van der Waals surface area contributed by atoms with Crippen molar-refractivity contribution in [1.29, 1.82) is 0 Å². The van der Waals surface area contributed by atoms with Gasteiger partial charge in [0.1, 0.15) is 5.75 Å². The Bertz CT molecular complexity index is 791. The molecule has 29 heavy (non-hydrogen) atoms. The Kier molecular flexibility index (Phi) is 6.08. The summed E-state index contributed by atoms with van der Waals surface area (Å²) in [6.45, 7) is 6.21. The van der Waals surface area contributed by atoms with Crippen LogP contribution < -0.4 is 4.74 Å². The number of allylic oxidation sites excluding steroid dienone is 2. The number of aliphatic hydroxyl groups is 1. The lowest BCUT2D eigenvalue weighted by molar-refractivity contribution is -0.119. The number of ketones is 1. The third-order valence-electron chi connectivity index (χ3n) is 5.80. The molecule has 1 fully saturated rings. The van der Waals surface area contributed by atoms with E-state index in [9.17, 15) is 23.1 Å². The molecular weight excluding hydrogens is 383 g/mol. The number of halogens is 3. The van der Waals surface area contributed by atoms with Crippen LogP contribution in [0.15, 0.2) is 18.3 Å². The number of hydrogen-bond donors (Lipinski definition) is 1. The highest BCUT2D eigenvalue weighted by Gasteiger charge is 2.45. The molecule has 1 aromatic heterocycles. The summed E-state index contributed by atoms with van der Waals surface area (Å²) in [6.07, 6.45) is -0.294. The molecule has 2 aliphatic rings. The van der Waals surface area contributed by atoms with Crippen molar-refractivity contribution in [2.75, 3.05) is 6.61 Å². The number of ether oxygens (including phenoxy) is 1. The van der Waals surface area contributed by atoms with Crippen molar-refractivity contribution in [3.05, 3.63) is 29.6 Å². The number of fused-ring (bicyclic) bond motifs is 1. The fourth-order valence-electron chi connectivity index (χ4n) is 4.21. The number of hydrogen-bond acceptors (Lipinski definition) is 4. The minimum absolute atomic E-state index is 0.0358. The van der Waals surface area contributed by atoms with Gasteiger partial charge >= 0.3 is 6.18 Å². The van der Waals surface area contributed by atoms with E-state index in [1.54, 1.807) is 6.92 Å². The molecule has 1 aromatic rings. The van der Waals surface area contributed by atoms with Gasteiger partial charge in [-0.3, -0.25) is 9.78 Å². The Morgan fingerprint density at radius 2 is 1.97 bits per heavy atom. The summed E-state index contributed by atoms with van der Waals surface area (Å²) in [5.74, 6) is 0.122. The predicted octanol–water partition coefficient (Wildman–Crippen LogP) is 4.74. The molecule has 0 bridgehead atoms. The maximum atomic E-state index is 13.7. The fraction of sp³-hybridized carbons (Fsp3) is 0.636. The van der Waals surface area contributed by atoms with Gasteiger partial charge in [-0.05, 0) is 62.5 Å². The van der Waals surface area contributed by atoms with Crippen LogP contribution in [0, 0.1) is 17.8 Å². The summed E-state index contributed by atoms with van der Waals surface area (Å²) < 4.78 is 46.7. The normalized spacial score (nSPS) is 29.4. The summed E-state index contributed by atoms with van der Waals surface area (Å²) in [7, 11) is 0. The second kappa shape index (κ2) is 8.09. The van der Waals surface area contributed by atoms with E-state index in [4.69, 9.17) is 4.74 Å². The number of aromatic nitrogens is 1. The van der Waals surface area contributed by atoms with E-state index in [-0.39, 0.29) is 36.0 Å². The van der Waals surface area contributed by atoms with E-state index in [0.717, 1.165) is 6.42 Å². The lowest BCUT2D eigenvalue weighted by Crippen LogP contribution is -2.45. The highest BCUT2D eigenvalue weighted by atomic mass is 19.4. The monoisotopic (exact) mass is 411 g/mol. The third kappa shape index (κ3) is 5.38. The van der Waals surface area contributed by atoms with Gasteiger partial charge in [-0.25, -0.2) is 0 Å². The van der Waals surface area contributed by atoms with Crippen LogP contribution in [-0.2, 0) is 11.2 Å². The summed E-state index contributed by atoms with van der Waals surface area (Å²) >= 11 is 0. The molecule has 1 N–H and O–H groups in total. The zero-order valence-electron chi connectivity index (χ0n) is 17.1. The Labute approximate surface area is 169 Å². The standard InChI is InChI=1S/C22H28F3NO3/c1-13(2)4-5-29-17-9-18-19(22(23,24)25)8-16(27)6-14(7-20(18)26-12-17)15-10-21(3,28)11-15/h8-9,12-15,28H,4-7,10-11H2,1-3H3/b19-8+/t14?,15-,21-. The van der Waals surface area contributed by atoms with Crippen LogP contribution in [-0.4, -0.2) is 34.3 Å². The van der Waals surface area contributed by atoms with Crippen LogP contribution in [0.5, 0.6) is 5.75 Å². The molecule has 0 aromatic carbocycles. The summed E-state index contributed by atoms with van der Waals surface area (Å²) in [5.41, 5.74) is -1.47. The zero-order chi connectivity index (χ0) is 21.4. The second-order valence-electron chi connectivity index (χ2n) is 9.05. The van der Waals surface area contributed by atoms with Crippen LogP contribution in [0.2, 0.25) is 0 Å². The average Bonchev–Trinajstić information content (AvgIpc) is 2.55. The van der Waals surface area contributed by atoms with E-state index in [0.29, 0.717) is 37.1 Å². The SMILES string of the molecule is CC(C)CCOc1cnc2c(c1)/C(C(F)(F)F)=C\C(=O)CC([C@H]1C[C@](C)(O)C1)C2. The molecule has 0 amide bonds. The van der Waals surface area contributed by atoms with Gasteiger partial charge in [0.2, 0.25) is 0 Å². The quantitative estimate of drug-likeness (QED) is 0.760. The molecule has 0 aliphatic heterocycles. The summed E-state index contributed by atoms with van der Waals surface area (Å²) in [4.78, 5) is 16.7. The molecule has 1 unspecified atom stereocenters. The van der Waals surface area contributed by atoms with E-state index in [1.807, 2.05) is 13.8 Å². The van der Waals surface area contributed by atoms with E-state index >= 15 is 0 Å². The number of pyridine rings is 1. The van der Waals surface area contributed by atoms with Gasteiger partial charge < -0.3 is 9.84 Å². The molecule has 0 spiro atoms. The van der Waals surface area contributed by atoms with Crippen molar-refractivity contribution >= 4 is 11.4 Å². The minimum atomic E-state index is -4.66. The van der Waals surface area contributed by atoms with Crippen LogP contribution in [0.4, 0.5) is 13.2 Å². The molecule has 2 aliphatic carbocycles. The molecule has 4 nitrogen and oxygen atoms in total. The molecular formula is C22H28F3NO3. The molecule has 0 radical (unpaired) electrons. The van der Waals surface area contributed by atoms with Gasteiger partial charge in [0.05, 0.1) is 24.0 Å². The lowest BCUT2D eigenvalue weighted by Gasteiger charge is -2.45. The van der Waals surface area contributed by atoms with Crippen LogP contribution in [0.3, 0.4) is 0 Å². The number of rotatable bonds is 5. The number of carbonyl (C=O) groups excluding carboxylic acids is 1. The Balaban J connectivity index is 1.92. The molecule has 1 atom stereocenters. The average molecular weight is 411 g/mol. The Morgan fingerprint density at radius 1 is 1.28 bits per heavy atom. The van der Waals surface area contributed by atoms with Crippen molar-refractivity contribution in [1.82, 2.24) is 4.98 Å². The molecule has 1 heterocycles. The minimum Gasteiger partial charge on any atom is -0.492 e. The van der Waals surface area contributed by atoms with E-state index < -0.39 is 23.1 Å². The first kappa shape index (κ1) is 21.8. The van der Waals surface area contributed by atoms with Gasteiger partial charge in [0.25, 0.3) is 0 Å². The molecule has 3 rings (SSSR count). The smallest absolute Gasteiger partial charge is 0.417 e.